The van der Waals surface area contributed by atoms with Gasteiger partial charge in [0, 0.05) is 11.8 Å². The van der Waals surface area contributed by atoms with Crippen LogP contribution < -0.4 is 20.5 Å². The summed E-state index contributed by atoms with van der Waals surface area (Å²) < 4.78 is 10.9. The first kappa shape index (κ1) is 17.7. The van der Waals surface area contributed by atoms with Crippen molar-refractivity contribution in [1.82, 2.24) is 15.0 Å². The highest BCUT2D eigenvalue weighted by atomic mass is 16.5. The molecule has 2 amide bonds. The molecule has 9 heteroatoms. The van der Waals surface area contributed by atoms with Gasteiger partial charge in [0.15, 0.2) is 5.52 Å². The summed E-state index contributed by atoms with van der Waals surface area (Å²) in [6, 6.07) is 8.43. The fraction of sp³-hybridized carbons (Fsp3) is 0.211. The molecule has 4 rings (SSSR count). The number of nitrogens with two attached hydrogens (primary N) is 1. The second-order valence-electron chi connectivity index (χ2n) is 6.45. The monoisotopic (exact) mass is 379 g/mol. The van der Waals surface area contributed by atoms with Crippen LogP contribution in [0.2, 0.25) is 0 Å². The third-order valence-corrected chi connectivity index (χ3v) is 4.64. The molecule has 9 nitrogen and oxygen atoms in total. The Morgan fingerprint density at radius 1 is 1.11 bits per heavy atom. The van der Waals surface area contributed by atoms with Crippen LogP contribution in [0.3, 0.4) is 0 Å². The lowest BCUT2D eigenvalue weighted by atomic mass is 10.1. The summed E-state index contributed by atoms with van der Waals surface area (Å²) in [5, 5.41) is 2.71. The number of ether oxygens (including phenoxy) is 2. The minimum atomic E-state index is -1.07. The van der Waals surface area contributed by atoms with Gasteiger partial charge >= 0.3 is 0 Å². The normalized spacial score (nSPS) is 14.3. The summed E-state index contributed by atoms with van der Waals surface area (Å²) in [6.45, 7) is 0. The summed E-state index contributed by atoms with van der Waals surface area (Å²) in [5.41, 5.74) is 5.88. The standard InChI is InChI=1S/C19H17N5O4/c1-27-13-8-14-15(21-9-13)16(23-10-22-14)28-12-4-2-11(3-5-12)24-18(26)19(6-7-19)17(20)25/h2-5,8-10H,6-7H2,1H3,(H2,20,25)(H,24,26). The van der Waals surface area contributed by atoms with Gasteiger partial charge in [0.1, 0.15) is 23.2 Å². The van der Waals surface area contributed by atoms with Gasteiger partial charge < -0.3 is 20.5 Å². The number of hydrogen-bond donors (Lipinski definition) is 2. The van der Waals surface area contributed by atoms with Crippen LogP contribution in [0, 0.1) is 5.41 Å². The summed E-state index contributed by atoms with van der Waals surface area (Å²) in [4.78, 5) is 36.2. The van der Waals surface area contributed by atoms with Crippen LogP contribution in [0.4, 0.5) is 5.69 Å². The molecule has 0 radical (unpaired) electrons. The van der Waals surface area contributed by atoms with Gasteiger partial charge in [-0.05, 0) is 37.1 Å². The molecule has 28 heavy (non-hydrogen) atoms. The highest BCUT2D eigenvalue weighted by Gasteiger charge is 2.55. The average molecular weight is 379 g/mol. The topological polar surface area (TPSA) is 129 Å². The predicted octanol–water partition coefficient (Wildman–Crippen LogP) is 2.03. The van der Waals surface area contributed by atoms with Crippen molar-refractivity contribution in [2.24, 2.45) is 11.1 Å². The fourth-order valence-electron chi connectivity index (χ4n) is 2.77. The maximum absolute atomic E-state index is 12.2. The number of carbonyl (C=O) groups excluding carboxylic acids is 2. The van der Waals surface area contributed by atoms with Gasteiger partial charge in [0.2, 0.25) is 17.7 Å². The smallest absolute Gasteiger partial charge is 0.249 e. The number of rotatable bonds is 6. The van der Waals surface area contributed by atoms with Crippen LogP contribution in [0.25, 0.3) is 11.0 Å². The Kier molecular flexibility index (Phi) is 4.26. The van der Waals surface area contributed by atoms with Crippen LogP contribution in [0.15, 0.2) is 42.9 Å². The minimum Gasteiger partial charge on any atom is -0.495 e. The SMILES string of the molecule is COc1cnc2c(Oc3ccc(NC(=O)C4(C(N)=O)CC4)cc3)ncnc2c1. The third-order valence-electron chi connectivity index (χ3n) is 4.64. The second-order valence-corrected chi connectivity index (χ2v) is 6.45. The number of primary amides is 1. The molecule has 0 aliphatic heterocycles. The largest absolute Gasteiger partial charge is 0.495 e. The minimum absolute atomic E-state index is 0.301. The van der Waals surface area contributed by atoms with Crippen molar-refractivity contribution in [3.63, 3.8) is 0 Å². The predicted molar refractivity (Wildman–Crippen MR) is 99.9 cm³/mol. The van der Waals surface area contributed by atoms with E-state index in [1.165, 1.54) is 6.33 Å². The Bertz CT molecular complexity index is 1060. The van der Waals surface area contributed by atoms with E-state index in [0.29, 0.717) is 46.9 Å². The molecule has 142 valence electrons. The van der Waals surface area contributed by atoms with Gasteiger partial charge in [0.25, 0.3) is 0 Å². The zero-order valence-electron chi connectivity index (χ0n) is 15.0. The van der Waals surface area contributed by atoms with Gasteiger partial charge in [-0.1, -0.05) is 0 Å². The first-order valence-electron chi connectivity index (χ1n) is 8.56. The molecule has 0 bridgehead atoms. The number of carbonyl (C=O) groups is 2. The van der Waals surface area contributed by atoms with Crippen molar-refractivity contribution in [2.75, 3.05) is 12.4 Å². The first-order chi connectivity index (χ1) is 13.5. The maximum Gasteiger partial charge on any atom is 0.249 e. The van der Waals surface area contributed by atoms with E-state index in [9.17, 15) is 9.59 Å². The average Bonchev–Trinajstić information content (AvgIpc) is 3.51. The summed E-state index contributed by atoms with van der Waals surface area (Å²) >= 11 is 0. The quantitative estimate of drug-likeness (QED) is 0.627. The Morgan fingerprint density at radius 3 is 2.50 bits per heavy atom. The van der Waals surface area contributed by atoms with Gasteiger partial charge in [0.05, 0.1) is 18.8 Å². The number of nitrogens with zero attached hydrogens (tertiary/aromatic N) is 3. The van der Waals surface area contributed by atoms with Gasteiger partial charge in [-0.2, -0.15) is 4.98 Å². The lowest BCUT2D eigenvalue weighted by Crippen LogP contribution is -2.36. The maximum atomic E-state index is 12.2. The van der Waals surface area contributed by atoms with E-state index in [2.05, 4.69) is 20.3 Å². The molecule has 3 N–H and O–H groups in total. The number of hydrogen-bond acceptors (Lipinski definition) is 7. The van der Waals surface area contributed by atoms with Crippen LogP contribution >= 0.6 is 0 Å². The molecule has 0 saturated heterocycles. The molecule has 1 fully saturated rings. The zero-order valence-corrected chi connectivity index (χ0v) is 15.0. The van der Waals surface area contributed by atoms with Crippen LogP contribution in [-0.2, 0) is 9.59 Å². The summed E-state index contributed by atoms with van der Waals surface area (Å²) in [7, 11) is 1.55. The van der Waals surface area contributed by atoms with Crippen molar-refractivity contribution in [2.45, 2.75) is 12.8 Å². The number of anilines is 1. The van der Waals surface area contributed by atoms with Crippen molar-refractivity contribution >= 4 is 28.5 Å². The van der Waals surface area contributed by atoms with E-state index in [1.807, 2.05) is 0 Å². The number of nitrogens with one attached hydrogen (secondary N) is 1. The van der Waals surface area contributed by atoms with Crippen molar-refractivity contribution in [3.05, 3.63) is 42.9 Å². The number of benzene rings is 1. The molecule has 1 saturated carbocycles. The van der Waals surface area contributed by atoms with E-state index in [4.69, 9.17) is 15.2 Å². The molecule has 2 heterocycles. The Morgan fingerprint density at radius 2 is 1.86 bits per heavy atom. The summed E-state index contributed by atoms with van der Waals surface area (Å²) in [5.74, 6) is 0.418. The van der Waals surface area contributed by atoms with E-state index in [-0.39, 0.29) is 5.91 Å². The highest BCUT2D eigenvalue weighted by Crippen LogP contribution is 2.46. The van der Waals surface area contributed by atoms with Gasteiger partial charge in [-0.25, -0.2) is 9.97 Å². The number of pyridine rings is 1. The fourth-order valence-corrected chi connectivity index (χ4v) is 2.77. The molecule has 1 aromatic carbocycles. The molecule has 2 aromatic heterocycles. The van der Waals surface area contributed by atoms with Crippen molar-refractivity contribution in [3.8, 4) is 17.4 Å². The number of methoxy groups -OCH3 is 1. The van der Waals surface area contributed by atoms with Crippen molar-refractivity contribution < 1.29 is 19.1 Å². The lowest BCUT2D eigenvalue weighted by molar-refractivity contribution is -0.132. The van der Waals surface area contributed by atoms with E-state index in [0.717, 1.165) is 0 Å². The molecule has 0 unspecified atom stereocenters. The molecule has 0 atom stereocenters. The number of amides is 2. The molecular weight excluding hydrogens is 362 g/mol. The van der Waals surface area contributed by atoms with E-state index >= 15 is 0 Å². The summed E-state index contributed by atoms with van der Waals surface area (Å²) in [6.07, 6.45) is 3.90. The van der Waals surface area contributed by atoms with Crippen LogP contribution in [0.5, 0.6) is 17.4 Å². The molecule has 0 spiro atoms. The van der Waals surface area contributed by atoms with Gasteiger partial charge in [-0.3, -0.25) is 9.59 Å². The van der Waals surface area contributed by atoms with Crippen LogP contribution in [0.1, 0.15) is 12.8 Å². The molecule has 1 aliphatic rings. The number of fused-ring (bicyclic) bond motifs is 1. The molecule has 1 aliphatic carbocycles. The number of aromatic nitrogens is 3. The van der Waals surface area contributed by atoms with Crippen LogP contribution in [-0.4, -0.2) is 33.9 Å². The van der Waals surface area contributed by atoms with E-state index < -0.39 is 11.3 Å². The van der Waals surface area contributed by atoms with Crippen molar-refractivity contribution in [1.29, 1.82) is 0 Å². The lowest BCUT2D eigenvalue weighted by Gasteiger charge is -2.12. The first-order valence-corrected chi connectivity index (χ1v) is 8.56. The zero-order chi connectivity index (χ0) is 19.7. The van der Waals surface area contributed by atoms with Gasteiger partial charge in [-0.15, -0.1) is 0 Å². The van der Waals surface area contributed by atoms with E-state index in [1.54, 1.807) is 43.6 Å². The second kappa shape index (κ2) is 6.76. The Labute approximate surface area is 159 Å². The highest BCUT2D eigenvalue weighted by molar-refractivity contribution is 6.12. The Hall–Kier alpha value is -3.75. The molecule has 3 aromatic rings. The molecular formula is C19H17N5O4. The Balaban J connectivity index is 1.50. The third kappa shape index (κ3) is 3.18.